The molecule has 1 aromatic heterocycles. The van der Waals surface area contributed by atoms with Crippen molar-refractivity contribution < 1.29 is 14.7 Å². The molecule has 1 amide bonds. The molecule has 0 aliphatic heterocycles. The summed E-state index contributed by atoms with van der Waals surface area (Å²) in [6.45, 7) is 4.51. The molecule has 2 aromatic rings. The third kappa shape index (κ3) is 3.75. The van der Waals surface area contributed by atoms with Crippen LogP contribution in [0.2, 0.25) is 0 Å². The average Bonchev–Trinajstić information content (AvgIpc) is 2.74. The fourth-order valence-electron chi connectivity index (χ4n) is 2.00. The number of aryl methyl sites for hydroxylation is 1. The van der Waals surface area contributed by atoms with Gasteiger partial charge in [0.25, 0.3) is 0 Å². The minimum Gasteiger partial charge on any atom is -0.481 e. The number of amides is 1. The molecular formula is C14H17N3O3S. The molecule has 2 rings (SSSR count). The molecule has 1 heterocycles. The number of hydrogen-bond acceptors (Lipinski definition) is 4. The van der Waals surface area contributed by atoms with Crippen LogP contribution in [-0.4, -0.2) is 38.8 Å². The van der Waals surface area contributed by atoms with E-state index >= 15 is 0 Å². The van der Waals surface area contributed by atoms with Crippen LogP contribution in [0.1, 0.15) is 12.5 Å². The summed E-state index contributed by atoms with van der Waals surface area (Å²) in [5.41, 5.74) is 2.67. The van der Waals surface area contributed by atoms with Gasteiger partial charge in [-0.05, 0) is 31.5 Å². The van der Waals surface area contributed by atoms with Gasteiger partial charge in [-0.2, -0.15) is 0 Å². The number of likely N-dealkylation sites (N-methyl/N-ethyl adjacent to an activating group) is 1. The highest BCUT2D eigenvalue weighted by atomic mass is 32.2. The summed E-state index contributed by atoms with van der Waals surface area (Å²) in [5, 5.41) is 12.1. The van der Waals surface area contributed by atoms with Gasteiger partial charge in [-0.1, -0.05) is 17.8 Å². The second kappa shape index (κ2) is 6.62. The summed E-state index contributed by atoms with van der Waals surface area (Å²) >= 11 is 1.12. The van der Waals surface area contributed by atoms with E-state index in [0.29, 0.717) is 11.7 Å². The molecular weight excluding hydrogens is 290 g/mol. The van der Waals surface area contributed by atoms with E-state index in [0.717, 1.165) is 28.4 Å². The lowest BCUT2D eigenvalue weighted by molar-refractivity contribution is -0.133. The van der Waals surface area contributed by atoms with Gasteiger partial charge in [-0.15, -0.1) is 0 Å². The quantitative estimate of drug-likeness (QED) is 0.793. The molecule has 0 aliphatic rings. The molecule has 0 fully saturated rings. The largest absolute Gasteiger partial charge is 0.481 e. The lowest BCUT2D eigenvalue weighted by Gasteiger charge is -2.08. The number of nitrogens with one attached hydrogen (secondary N) is 1. The van der Waals surface area contributed by atoms with E-state index in [2.05, 4.69) is 10.3 Å². The van der Waals surface area contributed by atoms with Crippen LogP contribution < -0.4 is 5.32 Å². The number of aliphatic carboxylic acids is 1. The van der Waals surface area contributed by atoms with Crippen molar-refractivity contribution in [1.82, 2.24) is 14.9 Å². The smallest absolute Gasteiger partial charge is 0.313 e. The van der Waals surface area contributed by atoms with Crippen molar-refractivity contribution in [2.45, 2.75) is 25.5 Å². The Bertz CT molecular complexity index is 681. The Balaban J connectivity index is 2.40. The van der Waals surface area contributed by atoms with E-state index in [1.807, 2.05) is 32.0 Å². The van der Waals surface area contributed by atoms with Gasteiger partial charge in [0.1, 0.15) is 6.54 Å². The molecule has 2 N–H and O–H groups in total. The Morgan fingerprint density at radius 2 is 2.19 bits per heavy atom. The molecule has 6 nitrogen and oxygen atoms in total. The van der Waals surface area contributed by atoms with Crippen molar-refractivity contribution in [3.05, 3.63) is 23.8 Å². The van der Waals surface area contributed by atoms with Gasteiger partial charge >= 0.3 is 5.97 Å². The first kappa shape index (κ1) is 15.4. The predicted octanol–water partition coefficient (Wildman–Crippen LogP) is 1.66. The first-order valence-electron chi connectivity index (χ1n) is 6.59. The zero-order valence-corrected chi connectivity index (χ0v) is 12.7. The number of nitrogens with zero attached hydrogens (tertiary/aromatic N) is 2. The molecule has 0 spiro atoms. The van der Waals surface area contributed by atoms with Crippen LogP contribution in [0.25, 0.3) is 11.0 Å². The molecule has 112 valence electrons. The van der Waals surface area contributed by atoms with Crippen LogP contribution in [-0.2, 0) is 16.1 Å². The lowest BCUT2D eigenvalue weighted by Crippen LogP contribution is -2.27. The Kier molecular flexibility index (Phi) is 4.85. The molecule has 0 atom stereocenters. The SMILES string of the molecule is CCNC(=O)Cn1c(SCC(=O)O)nc2ccc(C)cc21. The highest BCUT2D eigenvalue weighted by Gasteiger charge is 2.15. The Morgan fingerprint density at radius 1 is 1.43 bits per heavy atom. The number of aromatic nitrogens is 2. The van der Waals surface area contributed by atoms with Crippen LogP contribution in [0.4, 0.5) is 0 Å². The van der Waals surface area contributed by atoms with Gasteiger partial charge in [0.2, 0.25) is 5.91 Å². The molecule has 0 radical (unpaired) electrons. The van der Waals surface area contributed by atoms with Crippen molar-refractivity contribution in [3.63, 3.8) is 0 Å². The van der Waals surface area contributed by atoms with E-state index in [-0.39, 0.29) is 18.2 Å². The van der Waals surface area contributed by atoms with Crippen LogP contribution in [0.5, 0.6) is 0 Å². The third-order valence-corrected chi connectivity index (χ3v) is 3.83. The van der Waals surface area contributed by atoms with Gasteiger partial charge in [-0.3, -0.25) is 9.59 Å². The van der Waals surface area contributed by atoms with Gasteiger partial charge in [0.15, 0.2) is 5.16 Å². The number of fused-ring (bicyclic) bond motifs is 1. The second-order valence-electron chi connectivity index (χ2n) is 4.61. The molecule has 0 aliphatic carbocycles. The molecule has 0 bridgehead atoms. The fraction of sp³-hybridized carbons (Fsp3) is 0.357. The molecule has 0 saturated heterocycles. The monoisotopic (exact) mass is 307 g/mol. The highest BCUT2D eigenvalue weighted by Crippen LogP contribution is 2.24. The number of rotatable bonds is 6. The van der Waals surface area contributed by atoms with Crippen molar-refractivity contribution in [2.75, 3.05) is 12.3 Å². The third-order valence-electron chi connectivity index (χ3n) is 2.87. The standard InChI is InChI=1S/C14H17N3O3S/c1-3-15-12(18)7-17-11-6-9(2)4-5-10(11)16-14(17)21-8-13(19)20/h4-6H,3,7-8H2,1-2H3,(H,15,18)(H,19,20). The van der Waals surface area contributed by atoms with Gasteiger partial charge in [0.05, 0.1) is 16.8 Å². The number of benzene rings is 1. The van der Waals surface area contributed by atoms with Crippen molar-refractivity contribution in [2.24, 2.45) is 0 Å². The van der Waals surface area contributed by atoms with E-state index in [9.17, 15) is 9.59 Å². The molecule has 21 heavy (non-hydrogen) atoms. The topological polar surface area (TPSA) is 84.2 Å². The number of thioether (sulfide) groups is 1. The highest BCUT2D eigenvalue weighted by molar-refractivity contribution is 7.99. The summed E-state index contributed by atoms with van der Waals surface area (Å²) in [7, 11) is 0. The number of carboxylic acids is 1. The van der Waals surface area contributed by atoms with Gasteiger partial charge in [0, 0.05) is 6.54 Å². The minimum absolute atomic E-state index is 0.0856. The summed E-state index contributed by atoms with van der Waals surface area (Å²) in [4.78, 5) is 27.0. The maximum absolute atomic E-state index is 11.8. The van der Waals surface area contributed by atoms with Crippen LogP contribution >= 0.6 is 11.8 Å². The first-order valence-corrected chi connectivity index (χ1v) is 7.58. The van der Waals surface area contributed by atoms with Gasteiger partial charge < -0.3 is 15.0 Å². The van der Waals surface area contributed by atoms with Crippen LogP contribution in [0, 0.1) is 6.92 Å². The number of carboxylic acid groups (broad SMARTS) is 1. The summed E-state index contributed by atoms with van der Waals surface area (Å²) < 4.78 is 1.76. The fourth-order valence-corrected chi connectivity index (χ4v) is 2.73. The summed E-state index contributed by atoms with van der Waals surface area (Å²) in [6, 6.07) is 5.77. The molecule has 0 unspecified atom stereocenters. The minimum atomic E-state index is -0.909. The average molecular weight is 307 g/mol. The van der Waals surface area contributed by atoms with E-state index in [4.69, 9.17) is 5.11 Å². The van der Waals surface area contributed by atoms with Crippen molar-refractivity contribution in [1.29, 1.82) is 0 Å². The summed E-state index contributed by atoms with van der Waals surface area (Å²) in [5.74, 6) is -1.11. The van der Waals surface area contributed by atoms with Crippen molar-refractivity contribution in [3.8, 4) is 0 Å². The second-order valence-corrected chi connectivity index (χ2v) is 5.55. The number of hydrogen-bond donors (Lipinski definition) is 2. The number of carbonyl (C=O) groups is 2. The maximum Gasteiger partial charge on any atom is 0.313 e. The maximum atomic E-state index is 11.8. The van der Waals surface area contributed by atoms with Gasteiger partial charge in [-0.25, -0.2) is 4.98 Å². The Morgan fingerprint density at radius 3 is 2.86 bits per heavy atom. The van der Waals surface area contributed by atoms with E-state index in [1.165, 1.54) is 0 Å². The Labute approximate surface area is 126 Å². The molecule has 0 saturated carbocycles. The first-order chi connectivity index (χ1) is 10.0. The van der Waals surface area contributed by atoms with E-state index < -0.39 is 5.97 Å². The normalized spacial score (nSPS) is 10.8. The van der Waals surface area contributed by atoms with Crippen LogP contribution in [0.3, 0.4) is 0 Å². The number of carbonyl (C=O) groups excluding carboxylic acids is 1. The molecule has 1 aromatic carbocycles. The number of imidazole rings is 1. The van der Waals surface area contributed by atoms with E-state index in [1.54, 1.807) is 4.57 Å². The zero-order valence-electron chi connectivity index (χ0n) is 11.9. The summed E-state index contributed by atoms with van der Waals surface area (Å²) in [6.07, 6.45) is 0. The zero-order chi connectivity index (χ0) is 15.4. The Hall–Kier alpha value is -2.02. The van der Waals surface area contributed by atoms with Crippen molar-refractivity contribution >= 4 is 34.7 Å². The van der Waals surface area contributed by atoms with Crippen LogP contribution in [0.15, 0.2) is 23.4 Å². The lowest BCUT2D eigenvalue weighted by atomic mass is 10.2. The predicted molar refractivity (Wildman–Crippen MR) is 81.5 cm³/mol. The molecule has 7 heteroatoms.